The molecule has 2 atom stereocenters. The molecule has 2 aromatic rings. The van der Waals surface area contributed by atoms with Crippen molar-refractivity contribution >= 4 is 18.0 Å². The molecule has 7 heteroatoms. The van der Waals surface area contributed by atoms with E-state index in [1.807, 2.05) is 36.4 Å². The van der Waals surface area contributed by atoms with Crippen LogP contribution >= 0.6 is 0 Å². The Bertz CT molecular complexity index is 955. The summed E-state index contributed by atoms with van der Waals surface area (Å²) >= 11 is 0. The van der Waals surface area contributed by atoms with E-state index in [0.29, 0.717) is 0 Å². The summed E-state index contributed by atoms with van der Waals surface area (Å²) in [6.07, 6.45) is 0.873. The third kappa shape index (κ3) is 4.71. The SMILES string of the molecule is C[C@@H](CC(=O)O)NC(=O)C(NC(=O)OCC1c2ccccc2-c2ccccc21)C1CC1. The van der Waals surface area contributed by atoms with Crippen LogP contribution in [0.2, 0.25) is 0 Å². The van der Waals surface area contributed by atoms with Gasteiger partial charge in [0.25, 0.3) is 0 Å². The zero-order valence-electron chi connectivity index (χ0n) is 17.3. The molecule has 2 aromatic carbocycles. The Balaban J connectivity index is 1.38. The number of carboxylic acids is 1. The lowest BCUT2D eigenvalue weighted by molar-refractivity contribution is -0.137. The maximum Gasteiger partial charge on any atom is 0.407 e. The minimum Gasteiger partial charge on any atom is -0.481 e. The molecule has 1 fully saturated rings. The molecule has 4 rings (SSSR count). The summed E-state index contributed by atoms with van der Waals surface area (Å²) in [4.78, 5) is 35.9. The van der Waals surface area contributed by atoms with Crippen LogP contribution in [-0.4, -0.2) is 41.8 Å². The highest BCUT2D eigenvalue weighted by molar-refractivity contribution is 5.87. The quantitative estimate of drug-likeness (QED) is 0.606. The molecule has 1 saturated carbocycles. The Morgan fingerprint density at radius 2 is 1.58 bits per heavy atom. The van der Waals surface area contributed by atoms with E-state index in [1.165, 1.54) is 0 Å². The van der Waals surface area contributed by atoms with Gasteiger partial charge in [0.2, 0.25) is 5.91 Å². The van der Waals surface area contributed by atoms with Crippen LogP contribution < -0.4 is 10.6 Å². The first-order valence-electron chi connectivity index (χ1n) is 10.6. The van der Waals surface area contributed by atoms with Gasteiger partial charge in [-0.15, -0.1) is 0 Å². The fraction of sp³-hybridized carbons (Fsp3) is 0.375. The number of carbonyl (C=O) groups is 3. The number of hydrogen-bond donors (Lipinski definition) is 3. The van der Waals surface area contributed by atoms with Crippen molar-refractivity contribution in [1.82, 2.24) is 10.6 Å². The lowest BCUT2D eigenvalue weighted by Crippen LogP contribution is -2.50. The van der Waals surface area contributed by atoms with Crippen molar-refractivity contribution in [2.75, 3.05) is 6.61 Å². The van der Waals surface area contributed by atoms with Gasteiger partial charge >= 0.3 is 12.1 Å². The van der Waals surface area contributed by atoms with E-state index < -0.39 is 24.1 Å². The molecule has 2 aliphatic carbocycles. The zero-order chi connectivity index (χ0) is 22.0. The molecule has 31 heavy (non-hydrogen) atoms. The van der Waals surface area contributed by atoms with Crippen molar-refractivity contribution in [3.63, 3.8) is 0 Å². The normalized spacial score (nSPS) is 16.5. The predicted molar refractivity (Wildman–Crippen MR) is 115 cm³/mol. The molecule has 0 spiro atoms. The van der Waals surface area contributed by atoms with Crippen LogP contribution in [0.4, 0.5) is 4.79 Å². The average molecular weight is 422 g/mol. The molecule has 2 amide bonds. The Morgan fingerprint density at radius 1 is 1.00 bits per heavy atom. The van der Waals surface area contributed by atoms with Gasteiger partial charge in [0.05, 0.1) is 6.42 Å². The molecule has 7 nitrogen and oxygen atoms in total. The number of nitrogens with one attached hydrogen (secondary N) is 2. The van der Waals surface area contributed by atoms with Crippen molar-refractivity contribution in [1.29, 1.82) is 0 Å². The van der Waals surface area contributed by atoms with Crippen molar-refractivity contribution in [2.24, 2.45) is 5.92 Å². The van der Waals surface area contributed by atoms with E-state index in [2.05, 4.69) is 22.8 Å². The maximum absolute atomic E-state index is 12.6. The monoisotopic (exact) mass is 422 g/mol. The first-order valence-corrected chi connectivity index (χ1v) is 10.6. The summed E-state index contributed by atoms with van der Waals surface area (Å²) in [5.74, 6) is -1.36. The molecular weight excluding hydrogens is 396 g/mol. The largest absolute Gasteiger partial charge is 0.481 e. The minimum absolute atomic E-state index is 0.0533. The standard InChI is InChI=1S/C24H26N2O5/c1-14(12-21(27)28)25-23(29)22(15-10-11-15)26-24(30)31-13-20-18-8-4-2-6-16(18)17-7-3-5-9-19(17)20/h2-9,14-15,20,22H,10-13H2,1H3,(H,25,29)(H,26,30)(H,27,28)/t14-,22?/m0/s1. The van der Waals surface area contributed by atoms with Gasteiger partial charge in [-0.1, -0.05) is 48.5 Å². The summed E-state index contributed by atoms with van der Waals surface area (Å²) in [5, 5.41) is 14.2. The number of ether oxygens (including phenoxy) is 1. The van der Waals surface area contributed by atoms with Crippen LogP contribution in [0.25, 0.3) is 11.1 Å². The second kappa shape index (κ2) is 8.79. The van der Waals surface area contributed by atoms with Crippen LogP contribution in [0.1, 0.15) is 43.2 Å². The van der Waals surface area contributed by atoms with Gasteiger partial charge in [0.1, 0.15) is 12.6 Å². The highest BCUT2D eigenvalue weighted by atomic mass is 16.5. The Hall–Kier alpha value is -3.35. The third-order valence-electron chi connectivity index (χ3n) is 5.86. The van der Waals surface area contributed by atoms with Crippen molar-refractivity contribution in [3.8, 4) is 11.1 Å². The fourth-order valence-electron chi connectivity index (χ4n) is 4.24. The van der Waals surface area contributed by atoms with E-state index in [1.54, 1.807) is 6.92 Å². The molecule has 0 aliphatic heterocycles. The van der Waals surface area contributed by atoms with E-state index in [4.69, 9.17) is 9.84 Å². The summed E-state index contributed by atoms with van der Waals surface area (Å²) < 4.78 is 5.54. The molecule has 0 aromatic heterocycles. The second-order valence-electron chi connectivity index (χ2n) is 8.29. The van der Waals surface area contributed by atoms with Crippen LogP contribution in [0, 0.1) is 5.92 Å². The summed E-state index contributed by atoms with van der Waals surface area (Å²) in [5.41, 5.74) is 4.54. The number of aliphatic carboxylic acids is 1. The number of alkyl carbamates (subject to hydrolysis) is 1. The van der Waals surface area contributed by atoms with Gasteiger partial charge in [-0.2, -0.15) is 0 Å². The lowest BCUT2D eigenvalue weighted by atomic mass is 9.98. The third-order valence-corrected chi connectivity index (χ3v) is 5.86. The topological polar surface area (TPSA) is 105 Å². The number of benzene rings is 2. The Labute approximate surface area is 180 Å². The fourth-order valence-corrected chi connectivity index (χ4v) is 4.24. The number of carbonyl (C=O) groups excluding carboxylic acids is 2. The number of rotatable bonds is 8. The Morgan fingerprint density at radius 3 is 2.13 bits per heavy atom. The smallest absolute Gasteiger partial charge is 0.407 e. The van der Waals surface area contributed by atoms with E-state index in [9.17, 15) is 14.4 Å². The summed E-state index contributed by atoms with van der Waals surface area (Å²) in [6, 6.07) is 14.9. The number of hydrogen-bond acceptors (Lipinski definition) is 4. The Kier molecular flexibility index (Phi) is 5.93. The minimum atomic E-state index is -0.986. The molecule has 0 bridgehead atoms. The predicted octanol–water partition coefficient (Wildman–Crippen LogP) is 3.28. The molecule has 162 valence electrons. The zero-order valence-corrected chi connectivity index (χ0v) is 17.3. The van der Waals surface area contributed by atoms with Gasteiger partial charge < -0.3 is 20.5 Å². The number of amides is 2. The van der Waals surface area contributed by atoms with E-state index in [0.717, 1.165) is 35.1 Å². The summed E-state index contributed by atoms with van der Waals surface area (Å²) in [6.45, 7) is 1.80. The molecule has 0 saturated heterocycles. The van der Waals surface area contributed by atoms with Gasteiger partial charge in [-0.05, 0) is 47.9 Å². The molecule has 1 unspecified atom stereocenters. The molecule has 3 N–H and O–H groups in total. The number of carboxylic acid groups (broad SMARTS) is 1. The number of fused-ring (bicyclic) bond motifs is 3. The first kappa shape index (κ1) is 20.9. The van der Waals surface area contributed by atoms with Crippen LogP contribution in [0.5, 0.6) is 0 Å². The van der Waals surface area contributed by atoms with E-state index in [-0.39, 0.29) is 30.8 Å². The highest BCUT2D eigenvalue weighted by Gasteiger charge is 2.38. The van der Waals surface area contributed by atoms with E-state index >= 15 is 0 Å². The lowest BCUT2D eigenvalue weighted by Gasteiger charge is -2.21. The van der Waals surface area contributed by atoms with Crippen molar-refractivity contribution in [3.05, 3.63) is 59.7 Å². The van der Waals surface area contributed by atoms with Crippen LogP contribution in [-0.2, 0) is 14.3 Å². The van der Waals surface area contributed by atoms with Crippen molar-refractivity contribution < 1.29 is 24.2 Å². The van der Waals surface area contributed by atoms with Crippen LogP contribution in [0.15, 0.2) is 48.5 Å². The van der Waals surface area contributed by atoms with Gasteiger partial charge in [-0.25, -0.2) is 4.79 Å². The van der Waals surface area contributed by atoms with Gasteiger partial charge in [-0.3, -0.25) is 9.59 Å². The van der Waals surface area contributed by atoms with Gasteiger partial charge in [0, 0.05) is 12.0 Å². The van der Waals surface area contributed by atoms with Crippen LogP contribution in [0.3, 0.4) is 0 Å². The average Bonchev–Trinajstić information content (AvgIpc) is 3.52. The summed E-state index contributed by atoms with van der Waals surface area (Å²) in [7, 11) is 0. The molecular formula is C24H26N2O5. The highest BCUT2D eigenvalue weighted by Crippen LogP contribution is 2.44. The molecule has 2 aliphatic rings. The van der Waals surface area contributed by atoms with Gasteiger partial charge in [0.15, 0.2) is 0 Å². The molecule has 0 radical (unpaired) electrons. The van der Waals surface area contributed by atoms with Crippen molar-refractivity contribution in [2.45, 2.75) is 44.2 Å². The first-order chi connectivity index (χ1) is 14.9. The molecule has 0 heterocycles. The second-order valence-corrected chi connectivity index (χ2v) is 8.29. The maximum atomic E-state index is 12.6.